The highest BCUT2D eigenvalue weighted by atomic mass is 19.1. The lowest BCUT2D eigenvalue weighted by Crippen LogP contribution is -1.87. The van der Waals surface area contributed by atoms with Gasteiger partial charge in [-0.05, 0) is 46.4 Å². The molecule has 0 fully saturated rings. The molecule has 3 aromatic rings. The highest BCUT2D eigenvalue weighted by Crippen LogP contribution is 2.37. The number of halogens is 1. The topological polar surface area (TPSA) is 0 Å². The lowest BCUT2D eigenvalue weighted by molar-refractivity contribution is 0.631. The molecule has 0 aromatic heterocycles. The molecule has 0 radical (unpaired) electrons. The summed E-state index contributed by atoms with van der Waals surface area (Å²) in [6, 6.07) is 17.6. The van der Waals surface area contributed by atoms with E-state index < -0.39 is 0 Å². The first kappa shape index (κ1) is 10.7. The van der Waals surface area contributed by atoms with Crippen LogP contribution in [-0.2, 0) is 12.8 Å². The number of aryl methyl sites for hydroxylation is 2. The van der Waals surface area contributed by atoms with Crippen molar-refractivity contribution in [2.75, 3.05) is 0 Å². The maximum absolute atomic E-state index is 14.0. The Bertz CT molecular complexity index is 777. The average molecular weight is 248 g/mol. The largest absolute Gasteiger partial charge is 0.206 e. The Morgan fingerprint density at radius 1 is 0.684 bits per heavy atom. The average Bonchev–Trinajstić information content (AvgIpc) is 2.86. The second-order valence-electron chi connectivity index (χ2n) is 5.09. The van der Waals surface area contributed by atoms with Gasteiger partial charge in [0.15, 0.2) is 0 Å². The zero-order valence-electron chi connectivity index (χ0n) is 10.5. The van der Waals surface area contributed by atoms with Crippen molar-refractivity contribution in [3.8, 4) is 11.1 Å². The number of rotatable bonds is 1. The van der Waals surface area contributed by atoms with Crippen LogP contribution in [0.2, 0.25) is 0 Å². The summed E-state index contributed by atoms with van der Waals surface area (Å²) >= 11 is 0. The van der Waals surface area contributed by atoms with Gasteiger partial charge in [-0.2, -0.15) is 0 Å². The summed E-state index contributed by atoms with van der Waals surface area (Å²) in [7, 11) is 0. The lowest BCUT2D eigenvalue weighted by atomic mass is 9.95. The van der Waals surface area contributed by atoms with E-state index in [1.165, 1.54) is 28.0 Å². The number of hydrogen-bond donors (Lipinski definition) is 0. The van der Waals surface area contributed by atoms with Crippen LogP contribution in [0.3, 0.4) is 0 Å². The molecule has 92 valence electrons. The van der Waals surface area contributed by atoms with E-state index in [0.717, 1.165) is 18.4 Å². The SMILES string of the molecule is Fc1ccccc1-c1ccc2c3c(cccc13)CC2. The third kappa shape index (κ3) is 1.51. The van der Waals surface area contributed by atoms with Gasteiger partial charge in [-0.25, -0.2) is 4.39 Å². The van der Waals surface area contributed by atoms with E-state index in [0.29, 0.717) is 5.56 Å². The number of hydrogen-bond acceptors (Lipinski definition) is 0. The van der Waals surface area contributed by atoms with E-state index in [2.05, 4.69) is 30.3 Å². The third-order valence-electron chi connectivity index (χ3n) is 4.04. The smallest absolute Gasteiger partial charge is 0.131 e. The van der Waals surface area contributed by atoms with Crippen LogP contribution in [0.4, 0.5) is 4.39 Å². The lowest BCUT2D eigenvalue weighted by Gasteiger charge is -2.10. The van der Waals surface area contributed by atoms with Gasteiger partial charge in [-0.15, -0.1) is 0 Å². The highest BCUT2D eigenvalue weighted by Gasteiger charge is 2.17. The number of benzene rings is 3. The van der Waals surface area contributed by atoms with E-state index in [1.54, 1.807) is 6.07 Å². The van der Waals surface area contributed by atoms with Gasteiger partial charge >= 0.3 is 0 Å². The third-order valence-corrected chi connectivity index (χ3v) is 4.04. The summed E-state index contributed by atoms with van der Waals surface area (Å²) in [6.07, 6.45) is 2.21. The molecule has 3 aromatic carbocycles. The second-order valence-corrected chi connectivity index (χ2v) is 5.09. The molecule has 0 spiro atoms. The van der Waals surface area contributed by atoms with Crippen molar-refractivity contribution in [1.82, 2.24) is 0 Å². The normalized spacial score (nSPS) is 13.1. The Kier molecular flexibility index (Phi) is 2.22. The molecule has 0 aliphatic heterocycles. The first-order valence-corrected chi connectivity index (χ1v) is 6.63. The maximum Gasteiger partial charge on any atom is 0.131 e. The van der Waals surface area contributed by atoms with Crippen LogP contribution in [0.5, 0.6) is 0 Å². The van der Waals surface area contributed by atoms with Gasteiger partial charge < -0.3 is 0 Å². The molecule has 0 unspecified atom stereocenters. The van der Waals surface area contributed by atoms with Crippen LogP contribution in [0, 0.1) is 5.82 Å². The highest BCUT2D eigenvalue weighted by molar-refractivity contribution is 6.01. The second kappa shape index (κ2) is 3.92. The molecule has 0 N–H and O–H groups in total. The van der Waals surface area contributed by atoms with Gasteiger partial charge in [0.05, 0.1) is 0 Å². The monoisotopic (exact) mass is 248 g/mol. The van der Waals surface area contributed by atoms with Crippen LogP contribution in [0.15, 0.2) is 54.6 Å². The Balaban J connectivity index is 2.10. The molecule has 0 bridgehead atoms. The summed E-state index contributed by atoms with van der Waals surface area (Å²) in [5, 5.41) is 2.51. The molecular weight excluding hydrogens is 235 g/mol. The van der Waals surface area contributed by atoms with Crippen molar-refractivity contribution in [2.24, 2.45) is 0 Å². The van der Waals surface area contributed by atoms with Crippen LogP contribution in [-0.4, -0.2) is 0 Å². The van der Waals surface area contributed by atoms with Crippen LogP contribution in [0.25, 0.3) is 21.9 Å². The fourth-order valence-electron chi connectivity index (χ4n) is 3.16. The fraction of sp³-hybridized carbons (Fsp3) is 0.111. The van der Waals surface area contributed by atoms with Crippen molar-refractivity contribution < 1.29 is 4.39 Å². The first-order chi connectivity index (χ1) is 9.34. The molecule has 0 saturated carbocycles. The van der Waals surface area contributed by atoms with Crippen LogP contribution >= 0.6 is 0 Å². The van der Waals surface area contributed by atoms with E-state index in [1.807, 2.05) is 12.1 Å². The molecule has 1 heteroatoms. The quantitative estimate of drug-likeness (QED) is 0.583. The van der Waals surface area contributed by atoms with E-state index in [4.69, 9.17) is 0 Å². The molecule has 0 atom stereocenters. The molecule has 19 heavy (non-hydrogen) atoms. The molecule has 0 saturated heterocycles. The van der Waals surface area contributed by atoms with E-state index in [-0.39, 0.29) is 5.82 Å². The van der Waals surface area contributed by atoms with E-state index >= 15 is 0 Å². The van der Waals surface area contributed by atoms with Crippen molar-refractivity contribution in [1.29, 1.82) is 0 Å². The summed E-state index contributed by atoms with van der Waals surface area (Å²) in [6.45, 7) is 0. The van der Waals surface area contributed by atoms with E-state index in [9.17, 15) is 4.39 Å². The molecule has 1 aliphatic carbocycles. The molecule has 0 heterocycles. The fourth-order valence-corrected chi connectivity index (χ4v) is 3.16. The summed E-state index contributed by atoms with van der Waals surface area (Å²) in [4.78, 5) is 0. The van der Waals surface area contributed by atoms with Gasteiger partial charge in [0.25, 0.3) is 0 Å². The summed E-state index contributed by atoms with van der Waals surface area (Å²) in [5.74, 6) is -0.152. The van der Waals surface area contributed by atoms with Crippen LogP contribution in [0.1, 0.15) is 11.1 Å². The molecule has 0 amide bonds. The minimum absolute atomic E-state index is 0.152. The Morgan fingerprint density at radius 2 is 1.47 bits per heavy atom. The predicted molar refractivity (Wildman–Crippen MR) is 76.8 cm³/mol. The first-order valence-electron chi connectivity index (χ1n) is 6.63. The Labute approximate surface area is 111 Å². The summed E-state index contributed by atoms with van der Waals surface area (Å²) < 4.78 is 14.0. The minimum Gasteiger partial charge on any atom is -0.206 e. The van der Waals surface area contributed by atoms with Gasteiger partial charge in [-0.1, -0.05) is 48.5 Å². The van der Waals surface area contributed by atoms with Gasteiger partial charge in [-0.3, -0.25) is 0 Å². The summed E-state index contributed by atoms with van der Waals surface area (Å²) in [5.41, 5.74) is 4.48. The standard InChI is InChI=1S/C18H13F/c19-17-7-2-1-5-15(17)14-11-10-13-9-8-12-4-3-6-16(14)18(12)13/h1-7,10-11H,8-9H2. The van der Waals surface area contributed by atoms with Crippen LogP contribution < -0.4 is 0 Å². The van der Waals surface area contributed by atoms with Crippen molar-refractivity contribution in [3.05, 3.63) is 71.5 Å². The van der Waals surface area contributed by atoms with Crippen molar-refractivity contribution in [3.63, 3.8) is 0 Å². The zero-order valence-corrected chi connectivity index (χ0v) is 10.5. The molecule has 0 nitrogen and oxygen atoms in total. The van der Waals surface area contributed by atoms with Gasteiger partial charge in [0.1, 0.15) is 5.82 Å². The maximum atomic E-state index is 14.0. The Hall–Kier alpha value is -2.15. The Morgan fingerprint density at radius 3 is 2.32 bits per heavy atom. The molecule has 4 rings (SSSR count). The predicted octanol–water partition coefficient (Wildman–Crippen LogP) is 4.74. The van der Waals surface area contributed by atoms with Crippen molar-refractivity contribution in [2.45, 2.75) is 12.8 Å². The minimum atomic E-state index is -0.152. The zero-order chi connectivity index (χ0) is 12.8. The molecule has 1 aliphatic rings. The van der Waals surface area contributed by atoms with Gasteiger partial charge in [0.2, 0.25) is 0 Å². The van der Waals surface area contributed by atoms with Crippen molar-refractivity contribution >= 4 is 10.8 Å². The molecular formula is C18H13F. The van der Waals surface area contributed by atoms with Gasteiger partial charge in [0, 0.05) is 5.56 Å².